The lowest BCUT2D eigenvalue weighted by Gasteiger charge is -2.35. The molecule has 1 saturated heterocycles. The zero-order chi connectivity index (χ0) is 21.9. The quantitative estimate of drug-likeness (QED) is 0.528. The second-order valence-electron chi connectivity index (χ2n) is 8.42. The Morgan fingerprint density at radius 2 is 1.58 bits per heavy atom. The second kappa shape index (κ2) is 12.9. The van der Waals surface area contributed by atoms with Crippen molar-refractivity contribution in [2.75, 3.05) is 54.2 Å². The number of nitrogens with one attached hydrogen (secondary N) is 1. The third-order valence-electron chi connectivity index (χ3n) is 6.44. The van der Waals surface area contributed by atoms with Gasteiger partial charge >= 0.3 is 0 Å². The van der Waals surface area contributed by atoms with Crippen LogP contribution in [0, 0.1) is 11.8 Å². The van der Waals surface area contributed by atoms with Crippen LogP contribution < -0.4 is 5.32 Å². The fourth-order valence-electron chi connectivity index (χ4n) is 4.97. The van der Waals surface area contributed by atoms with Crippen LogP contribution in [0.5, 0.6) is 0 Å². The summed E-state index contributed by atoms with van der Waals surface area (Å²) >= 11 is 0. The minimum Gasteiger partial charge on any atom is -0.385 e. The van der Waals surface area contributed by atoms with Crippen molar-refractivity contribution in [3.63, 3.8) is 0 Å². The summed E-state index contributed by atoms with van der Waals surface area (Å²) in [5.41, 5.74) is 2.65. The molecular formula is C26H38N2O3. The maximum atomic E-state index is 5.71. The monoisotopic (exact) mass is 426 g/mol. The van der Waals surface area contributed by atoms with E-state index in [0.717, 1.165) is 45.9 Å². The van der Waals surface area contributed by atoms with Gasteiger partial charge < -0.3 is 19.5 Å². The molecule has 1 aliphatic rings. The molecule has 3 rings (SSSR count). The fraction of sp³-hybridized carbons (Fsp3) is 0.538. The lowest BCUT2D eigenvalue weighted by molar-refractivity contribution is 0.0588. The minimum absolute atomic E-state index is 0.275. The first-order chi connectivity index (χ1) is 15.3. The highest BCUT2D eigenvalue weighted by Gasteiger charge is 2.44. The van der Waals surface area contributed by atoms with Crippen LogP contribution in [0.15, 0.2) is 60.7 Å². The van der Waals surface area contributed by atoms with Crippen molar-refractivity contribution in [3.8, 4) is 0 Å². The van der Waals surface area contributed by atoms with Crippen LogP contribution in [-0.2, 0) is 20.8 Å². The molecule has 0 bridgehead atoms. The molecule has 0 radical (unpaired) electrons. The standard InChI is InChI=1S/C26H38N2O3/c1-29-15-14-24-23(19-30-2)18-28(26(24)20-31-3)25(22-12-8-5-9-13-22)17-27-16-21-10-6-4-7-11-21/h4-13,23-27H,14-20H2,1-3H3/t23-,24-,25-,26-/m1/s1. The molecule has 1 heterocycles. The smallest absolute Gasteiger partial charge is 0.0621 e. The molecule has 2 aromatic carbocycles. The van der Waals surface area contributed by atoms with Gasteiger partial charge in [0, 0.05) is 59.7 Å². The predicted octanol–water partition coefficient (Wildman–Crippen LogP) is 3.76. The molecule has 0 aromatic heterocycles. The molecule has 2 aromatic rings. The van der Waals surface area contributed by atoms with E-state index < -0.39 is 0 Å². The van der Waals surface area contributed by atoms with E-state index in [-0.39, 0.29) is 6.04 Å². The summed E-state index contributed by atoms with van der Waals surface area (Å²) < 4.78 is 16.8. The Balaban J connectivity index is 1.81. The van der Waals surface area contributed by atoms with Crippen molar-refractivity contribution in [2.24, 2.45) is 11.8 Å². The Labute approximate surface area is 187 Å². The van der Waals surface area contributed by atoms with E-state index in [1.165, 1.54) is 11.1 Å². The number of benzene rings is 2. The third kappa shape index (κ3) is 6.61. The van der Waals surface area contributed by atoms with Crippen molar-refractivity contribution in [3.05, 3.63) is 71.8 Å². The van der Waals surface area contributed by atoms with Gasteiger partial charge in [0.15, 0.2) is 0 Å². The van der Waals surface area contributed by atoms with E-state index in [1.807, 2.05) is 0 Å². The minimum atomic E-state index is 0.275. The molecule has 0 spiro atoms. The summed E-state index contributed by atoms with van der Waals surface area (Å²) in [4.78, 5) is 2.64. The van der Waals surface area contributed by atoms with Crippen LogP contribution in [0.25, 0.3) is 0 Å². The van der Waals surface area contributed by atoms with Crippen LogP contribution in [0.1, 0.15) is 23.6 Å². The summed E-state index contributed by atoms with van der Waals surface area (Å²) in [6.45, 7) is 5.00. The topological polar surface area (TPSA) is 43.0 Å². The van der Waals surface area contributed by atoms with E-state index in [4.69, 9.17) is 14.2 Å². The summed E-state index contributed by atoms with van der Waals surface area (Å²) in [5.74, 6) is 0.959. The molecule has 170 valence electrons. The van der Waals surface area contributed by atoms with Crippen molar-refractivity contribution in [1.29, 1.82) is 0 Å². The van der Waals surface area contributed by atoms with Crippen LogP contribution in [0.2, 0.25) is 0 Å². The number of methoxy groups -OCH3 is 3. The van der Waals surface area contributed by atoms with E-state index in [9.17, 15) is 0 Å². The molecule has 0 amide bonds. The van der Waals surface area contributed by atoms with Crippen LogP contribution >= 0.6 is 0 Å². The average Bonchev–Trinajstić information content (AvgIpc) is 3.13. The molecule has 4 atom stereocenters. The maximum absolute atomic E-state index is 5.71. The molecule has 0 unspecified atom stereocenters. The Kier molecular flexibility index (Phi) is 9.97. The SMILES string of the molecule is COCC[C@@H]1[C@@H](COC)CN([C@H](CNCc2ccccc2)c2ccccc2)[C@@H]1COC. The van der Waals surface area contributed by atoms with Crippen molar-refractivity contribution in [1.82, 2.24) is 10.2 Å². The van der Waals surface area contributed by atoms with E-state index in [0.29, 0.717) is 17.9 Å². The largest absolute Gasteiger partial charge is 0.385 e. The van der Waals surface area contributed by atoms with Gasteiger partial charge in [0.05, 0.1) is 13.2 Å². The summed E-state index contributed by atoms with van der Waals surface area (Å²) in [5, 5.41) is 3.71. The molecule has 1 aliphatic heterocycles. The van der Waals surface area contributed by atoms with Gasteiger partial charge in [-0.25, -0.2) is 0 Å². The second-order valence-corrected chi connectivity index (χ2v) is 8.42. The Hall–Kier alpha value is -1.76. The van der Waals surface area contributed by atoms with Crippen LogP contribution in [0.3, 0.4) is 0 Å². The number of ether oxygens (including phenoxy) is 3. The molecule has 1 fully saturated rings. The van der Waals surface area contributed by atoms with Gasteiger partial charge in [-0.1, -0.05) is 60.7 Å². The molecule has 0 aliphatic carbocycles. The zero-order valence-electron chi connectivity index (χ0n) is 19.2. The lowest BCUT2D eigenvalue weighted by atomic mass is 9.88. The number of hydrogen-bond donors (Lipinski definition) is 1. The molecule has 5 heteroatoms. The maximum Gasteiger partial charge on any atom is 0.0621 e. The van der Waals surface area contributed by atoms with E-state index in [2.05, 4.69) is 70.9 Å². The van der Waals surface area contributed by atoms with Gasteiger partial charge in [-0.15, -0.1) is 0 Å². The van der Waals surface area contributed by atoms with Crippen LogP contribution in [-0.4, -0.2) is 65.2 Å². The van der Waals surface area contributed by atoms with Gasteiger partial charge in [0.1, 0.15) is 0 Å². The number of likely N-dealkylation sites (tertiary alicyclic amines) is 1. The summed E-state index contributed by atoms with van der Waals surface area (Å²) in [7, 11) is 5.39. The number of nitrogens with zero attached hydrogens (tertiary/aromatic N) is 1. The molecule has 0 saturated carbocycles. The van der Waals surface area contributed by atoms with Gasteiger partial charge in [0.2, 0.25) is 0 Å². The highest BCUT2D eigenvalue weighted by Crippen LogP contribution is 2.38. The number of rotatable bonds is 13. The molecule has 1 N–H and O–H groups in total. The van der Waals surface area contributed by atoms with Crippen molar-refractivity contribution >= 4 is 0 Å². The third-order valence-corrected chi connectivity index (χ3v) is 6.44. The van der Waals surface area contributed by atoms with Gasteiger partial charge in [-0.05, 0) is 29.4 Å². The predicted molar refractivity (Wildman–Crippen MR) is 125 cm³/mol. The van der Waals surface area contributed by atoms with E-state index in [1.54, 1.807) is 21.3 Å². The number of hydrogen-bond acceptors (Lipinski definition) is 5. The Morgan fingerprint density at radius 3 is 2.23 bits per heavy atom. The van der Waals surface area contributed by atoms with Crippen molar-refractivity contribution < 1.29 is 14.2 Å². The van der Waals surface area contributed by atoms with Gasteiger partial charge in [-0.2, -0.15) is 0 Å². The highest BCUT2D eigenvalue weighted by molar-refractivity contribution is 5.21. The first kappa shape index (κ1) is 23.9. The first-order valence-electron chi connectivity index (χ1n) is 11.3. The van der Waals surface area contributed by atoms with Gasteiger partial charge in [0.25, 0.3) is 0 Å². The lowest BCUT2D eigenvalue weighted by Crippen LogP contribution is -2.43. The van der Waals surface area contributed by atoms with Crippen LogP contribution in [0.4, 0.5) is 0 Å². The summed E-state index contributed by atoms with van der Waals surface area (Å²) in [6, 6.07) is 22.0. The molecule has 5 nitrogen and oxygen atoms in total. The Morgan fingerprint density at radius 1 is 0.903 bits per heavy atom. The summed E-state index contributed by atoms with van der Waals surface area (Å²) in [6.07, 6.45) is 1.02. The molecular weight excluding hydrogens is 388 g/mol. The fourth-order valence-corrected chi connectivity index (χ4v) is 4.97. The van der Waals surface area contributed by atoms with Crippen molar-refractivity contribution in [2.45, 2.75) is 25.0 Å². The highest BCUT2D eigenvalue weighted by atomic mass is 16.5. The molecule has 31 heavy (non-hydrogen) atoms. The van der Waals surface area contributed by atoms with E-state index >= 15 is 0 Å². The Bertz CT molecular complexity index is 728. The zero-order valence-corrected chi connectivity index (χ0v) is 19.2. The van der Waals surface area contributed by atoms with Gasteiger partial charge in [-0.3, -0.25) is 4.90 Å². The normalized spacial score (nSPS) is 22.6. The average molecular weight is 427 g/mol. The first-order valence-corrected chi connectivity index (χ1v) is 11.3.